The quantitative estimate of drug-likeness (QED) is 0.768. The fourth-order valence-electron chi connectivity index (χ4n) is 2.84. The lowest BCUT2D eigenvalue weighted by Crippen LogP contribution is -2.44. The predicted molar refractivity (Wildman–Crippen MR) is 61.6 cm³/mol. The minimum Gasteiger partial charge on any atom is -0.347 e. The molecule has 1 fully saturated rings. The third-order valence-electron chi connectivity index (χ3n) is 3.28. The topological polar surface area (TPSA) is 31.9 Å². The molecule has 2 atom stereocenters. The second-order valence-electron chi connectivity index (χ2n) is 5.49. The number of nitrogens with zero attached hydrogens (tertiary/aromatic N) is 2. The van der Waals surface area contributed by atoms with Crippen molar-refractivity contribution < 1.29 is 0 Å². The Morgan fingerprint density at radius 1 is 1.40 bits per heavy atom. The predicted octanol–water partition coefficient (Wildman–Crippen LogP) is 2.73. The van der Waals surface area contributed by atoms with E-state index in [1.807, 2.05) is 12.4 Å². The molecule has 0 amide bonds. The SMILES string of the molecule is C[C@H]1CC[C@@H](c2ncc[nH]2)N1C(C)(C)C. The Balaban J connectivity index is 2.26. The van der Waals surface area contributed by atoms with E-state index in [1.54, 1.807) is 0 Å². The van der Waals surface area contributed by atoms with E-state index in [4.69, 9.17) is 0 Å². The van der Waals surface area contributed by atoms with Crippen molar-refractivity contribution in [2.75, 3.05) is 0 Å². The van der Waals surface area contributed by atoms with Crippen molar-refractivity contribution >= 4 is 0 Å². The number of hydrogen-bond acceptors (Lipinski definition) is 2. The van der Waals surface area contributed by atoms with Crippen molar-refractivity contribution in [2.45, 2.75) is 58.2 Å². The molecule has 0 saturated carbocycles. The maximum Gasteiger partial charge on any atom is 0.123 e. The molecular formula is C12H21N3. The van der Waals surface area contributed by atoms with Crippen LogP contribution in [-0.2, 0) is 0 Å². The van der Waals surface area contributed by atoms with Gasteiger partial charge in [0.05, 0.1) is 6.04 Å². The number of aromatic amines is 1. The van der Waals surface area contributed by atoms with Crippen LogP contribution >= 0.6 is 0 Å². The molecule has 0 aromatic carbocycles. The molecule has 1 aromatic heterocycles. The molecule has 3 heteroatoms. The number of hydrogen-bond donors (Lipinski definition) is 1. The van der Waals surface area contributed by atoms with Crippen LogP contribution in [0.5, 0.6) is 0 Å². The van der Waals surface area contributed by atoms with E-state index < -0.39 is 0 Å². The van der Waals surface area contributed by atoms with E-state index in [9.17, 15) is 0 Å². The molecule has 1 aromatic rings. The summed E-state index contributed by atoms with van der Waals surface area (Å²) in [6, 6.07) is 1.12. The molecule has 15 heavy (non-hydrogen) atoms. The van der Waals surface area contributed by atoms with Gasteiger partial charge in [-0.25, -0.2) is 4.98 Å². The van der Waals surface area contributed by atoms with E-state index in [-0.39, 0.29) is 5.54 Å². The Morgan fingerprint density at radius 3 is 2.67 bits per heavy atom. The average Bonchev–Trinajstić information content (AvgIpc) is 2.68. The lowest BCUT2D eigenvalue weighted by Gasteiger charge is -2.39. The van der Waals surface area contributed by atoms with E-state index in [1.165, 1.54) is 12.8 Å². The molecule has 2 rings (SSSR count). The van der Waals surface area contributed by atoms with Gasteiger partial charge in [0.1, 0.15) is 5.82 Å². The second kappa shape index (κ2) is 3.63. The summed E-state index contributed by atoms with van der Waals surface area (Å²) in [5, 5.41) is 0. The molecule has 1 saturated heterocycles. The summed E-state index contributed by atoms with van der Waals surface area (Å²) >= 11 is 0. The lowest BCUT2D eigenvalue weighted by atomic mass is 10.0. The maximum absolute atomic E-state index is 4.40. The molecule has 0 bridgehead atoms. The highest BCUT2D eigenvalue weighted by atomic mass is 15.3. The van der Waals surface area contributed by atoms with Crippen LogP contribution in [-0.4, -0.2) is 26.4 Å². The first-order valence-electron chi connectivity index (χ1n) is 5.78. The van der Waals surface area contributed by atoms with Crippen LogP contribution < -0.4 is 0 Å². The van der Waals surface area contributed by atoms with Gasteiger partial charge in [-0.1, -0.05) is 0 Å². The zero-order valence-corrected chi connectivity index (χ0v) is 10.1. The minimum atomic E-state index is 0.216. The highest BCUT2D eigenvalue weighted by molar-refractivity contribution is 5.04. The average molecular weight is 207 g/mol. The van der Waals surface area contributed by atoms with Crippen LogP contribution in [0.25, 0.3) is 0 Å². The van der Waals surface area contributed by atoms with Crippen LogP contribution in [0.2, 0.25) is 0 Å². The molecule has 0 spiro atoms. The van der Waals surface area contributed by atoms with Gasteiger partial charge in [-0.15, -0.1) is 0 Å². The number of nitrogens with one attached hydrogen (secondary N) is 1. The molecule has 1 aliphatic heterocycles. The molecule has 1 N–H and O–H groups in total. The van der Waals surface area contributed by atoms with Crippen molar-refractivity contribution in [2.24, 2.45) is 0 Å². The summed E-state index contributed by atoms with van der Waals surface area (Å²) in [7, 11) is 0. The Bertz CT molecular complexity index is 310. The van der Waals surface area contributed by atoms with E-state index in [0.717, 1.165) is 5.82 Å². The van der Waals surface area contributed by atoms with Crippen molar-refractivity contribution in [3.05, 3.63) is 18.2 Å². The van der Waals surface area contributed by atoms with Crippen LogP contribution in [0.4, 0.5) is 0 Å². The number of aromatic nitrogens is 2. The highest BCUT2D eigenvalue weighted by Gasteiger charge is 2.39. The van der Waals surface area contributed by atoms with Gasteiger partial charge in [0.15, 0.2) is 0 Å². The minimum absolute atomic E-state index is 0.216. The number of H-pyrrole nitrogens is 1. The monoisotopic (exact) mass is 207 g/mol. The van der Waals surface area contributed by atoms with Crippen LogP contribution in [0.3, 0.4) is 0 Å². The van der Waals surface area contributed by atoms with Gasteiger partial charge in [0.25, 0.3) is 0 Å². The molecule has 84 valence electrons. The number of rotatable bonds is 1. The molecule has 3 nitrogen and oxygen atoms in total. The Morgan fingerprint density at radius 2 is 2.13 bits per heavy atom. The van der Waals surface area contributed by atoms with Gasteiger partial charge in [-0.2, -0.15) is 0 Å². The van der Waals surface area contributed by atoms with E-state index >= 15 is 0 Å². The van der Waals surface area contributed by atoms with Crippen molar-refractivity contribution in [1.29, 1.82) is 0 Å². The summed E-state index contributed by atoms with van der Waals surface area (Å²) in [6.45, 7) is 9.16. The Labute approximate surface area is 91.9 Å². The van der Waals surface area contributed by atoms with E-state index in [2.05, 4.69) is 42.6 Å². The largest absolute Gasteiger partial charge is 0.347 e. The normalized spacial score (nSPS) is 28.5. The maximum atomic E-state index is 4.40. The van der Waals surface area contributed by atoms with Gasteiger partial charge in [0.2, 0.25) is 0 Å². The molecular weight excluding hydrogens is 186 g/mol. The molecule has 0 radical (unpaired) electrons. The summed E-state index contributed by atoms with van der Waals surface area (Å²) in [5.74, 6) is 1.12. The van der Waals surface area contributed by atoms with Crippen molar-refractivity contribution in [1.82, 2.24) is 14.9 Å². The van der Waals surface area contributed by atoms with Crippen LogP contribution in [0.15, 0.2) is 12.4 Å². The standard InChI is InChI=1S/C12H21N3/c1-9-5-6-10(11-13-7-8-14-11)15(9)12(2,3)4/h7-10H,5-6H2,1-4H3,(H,13,14)/t9-,10-/m0/s1. The first-order valence-corrected chi connectivity index (χ1v) is 5.78. The molecule has 2 heterocycles. The Hall–Kier alpha value is -0.830. The summed E-state index contributed by atoms with van der Waals surface area (Å²) in [6.07, 6.45) is 6.24. The zero-order chi connectivity index (χ0) is 11.1. The van der Waals surface area contributed by atoms with Crippen LogP contribution in [0, 0.1) is 0 Å². The second-order valence-corrected chi connectivity index (χ2v) is 5.49. The van der Waals surface area contributed by atoms with Gasteiger partial charge in [-0.3, -0.25) is 4.90 Å². The lowest BCUT2D eigenvalue weighted by molar-refractivity contribution is 0.0796. The number of imidazole rings is 1. The molecule has 1 aliphatic rings. The highest BCUT2D eigenvalue weighted by Crippen LogP contribution is 2.39. The third kappa shape index (κ3) is 1.93. The van der Waals surface area contributed by atoms with Crippen molar-refractivity contribution in [3.63, 3.8) is 0 Å². The van der Waals surface area contributed by atoms with Gasteiger partial charge < -0.3 is 4.98 Å². The van der Waals surface area contributed by atoms with Crippen LogP contribution in [0.1, 0.15) is 52.4 Å². The van der Waals surface area contributed by atoms with Crippen molar-refractivity contribution in [3.8, 4) is 0 Å². The summed E-state index contributed by atoms with van der Waals surface area (Å²) in [5.41, 5.74) is 0.216. The molecule has 0 aliphatic carbocycles. The fraction of sp³-hybridized carbons (Fsp3) is 0.750. The first-order chi connectivity index (χ1) is 7.00. The Kier molecular flexibility index (Phi) is 2.59. The summed E-state index contributed by atoms with van der Waals surface area (Å²) in [4.78, 5) is 10.2. The fourth-order valence-corrected chi connectivity index (χ4v) is 2.84. The smallest absolute Gasteiger partial charge is 0.123 e. The first kappa shape index (κ1) is 10.7. The number of likely N-dealkylation sites (tertiary alicyclic amines) is 1. The van der Waals surface area contributed by atoms with Gasteiger partial charge in [-0.05, 0) is 40.5 Å². The van der Waals surface area contributed by atoms with E-state index in [0.29, 0.717) is 12.1 Å². The van der Waals surface area contributed by atoms with Gasteiger partial charge >= 0.3 is 0 Å². The van der Waals surface area contributed by atoms with Gasteiger partial charge in [0, 0.05) is 24.0 Å². The zero-order valence-electron chi connectivity index (χ0n) is 10.1. The third-order valence-corrected chi connectivity index (χ3v) is 3.28. The molecule has 0 unspecified atom stereocenters. The summed E-state index contributed by atoms with van der Waals surface area (Å²) < 4.78 is 0.